The summed E-state index contributed by atoms with van der Waals surface area (Å²) in [7, 11) is 1.59. The number of anilines is 1. The molecule has 3 rings (SSSR count). The molecule has 0 fully saturated rings. The van der Waals surface area contributed by atoms with Gasteiger partial charge in [0.25, 0.3) is 0 Å². The van der Waals surface area contributed by atoms with Crippen molar-refractivity contribution in [1.29, 1.82) is 0 Å². The third-order valence-corrected chi connectivity index (χ3v) is 3.92. The molecule has 1 unspecified atom stereocenters. The Hall–Kier alpha value is -2.37. The smallest absolute Gasteiger partial charge is 0.226 e. The van der Waals surface area contributed by atoms with Crippen LogP contribution in [-0.4, -0.2) is 27.8 Å². The number of pyridine rings is 1. The fourth-order valence-corrected chi connectivity index (χ4v) is 2.85. The van der Waals surface area contributed by atoms with Gasteiger partial charge in [0.2, 0.25) is 11.8 Å². The van der Waals surface area contributed by atoms with E-state index in [2.05, 4.69) is 15.4 Å². The standard InChI is InChI=1S/C15H18N4O2/c1-4-19-9(2)14-11(7-12(20)17-15(14)18-19)10-5-6-13(21-3)16-8-10/h5-6,8,11H,4,7H2,1-3H3,(H,17,18,20). The van der Waals surface area contributed by atoms with Gasteiger partial charge in [-0.15, -0.1) is 0 Å². The molecule has 1 atom stereocenters. The largest absolute Gasteiger partial charge is 0.481 e. The molecule has 0 spiro atoms. The first kappa shape index (κ1) is 13.6. The van der Waals surface area contributed by atoms with Gasteiger partial charge in [-0.2, -0.15) is 5.10 Å². The van der Waals surface area contributed by atoms with Crippen LogP contribution >= 0.6 is 0 Å². The summed E-state index contributed by atoms with van der Waals surface area (Å²) in [6, 6.07) is 3.78. The van der Waals surface area contributed by atoms with Crippen LogP contribution in [0.15, 0.2) is 18.3 Å². The van der Waals surface area contributed by atoms with Gasteiger partial charge in [0.05, 0.1) is 7.11 Å². The molecule has 0 saturated heterocycles. The van der Waals surface area contributed by atoms with Crippen LogP contribution in [0.1, 0.15) is 36.1 Å². The van der Waals surface area contributed by atoms with Gasteiger partial charge in [-0.05, 0) is 19.4 Å². The SMILES string of the molecule is CCn1nc2c(c1C)C(c1ccc(OC)nc1)CC(=O)N2. The lowest BCUT2D eigenvalue weighted by atomic mass is 9.86. The minimum Gasteiger partial charge on any atom is -0.481 e. The first-order chi connectivity index (χ1) is 10.1. The molecule has 1 aliphatic rings. The Labute approximate surface area is 123 Å². The van der Waals surface area contributed by atoms with Crippen LogP contribution < -0.4 is 10.1 Å². The first-order valence-electron chi connectivity index (χ1n) is 7.01. The quantitative estimate of drug-likeness (QED) is 0.938. The number of fused-ring (bicyclic) bond motifs is 1. The lowest BCUT2D eigenvalue weighted by Gasteiger charge is -2.22. The molecule has 6 heteroatoms. The molecule has 110 valence electrons. The van der Waals surface area contributed by atoms with Crippen LogP contribution in [0.25, 0.3) is 0 Å². The van der Waals surface area contributed by atoms with Crippen LogP contribution in [0.3, 0.4) is 0 Å². The summed E-state index contributed by atoms with van der Waals surface area (Å²) in [4.78, 5) is 16.2. The molecular weight excluding hydrogens is 268 g/mol. The highest BCUT2D eigenvalue weighted by molar-refractivity contribution is 5.94. The van der Waals surface area contributed by atoms with Crippen molar-refractivity contribution in [3.63, 3.8) is 0 Å². The molecule has 2 aromatic heterocycles. The summed E-state index contributed by atoms with van der Waals surface area (Å²) < 4.78 is 7.00. The van der Waals surface area contributed by atoms with E-state index in [4.69, 9.17) is 4.74 Å². The van der Waals surface area contributed by atoms with Crippen molar-refractivity contribution in [2.24, 2.45) is 0 Å². The molecule has 1 aliphatic heterocycles. The molecule has 1 amide bonds. The van der Waals surface area contributed by atoms with E-state index in [-0.39, 0.29) is 11.8 Å². The van der Waals surface area contributed by atoms with Gasteiger partial charge in [-0.25, -0.2) is 4.98 Å². The van der Waals surface area contributed by atoms with Gasteiger partial charge in [0, 0.05) is 42.4 Å². The fourth-order valence-electron chi connectivity index (χ4n) is 2.85. The number of hydrogen-bond acceptors (Lipinski definition) is 4. The van der Waals surface area contributed by atoms with E-state index in [1.54, 1.807) is 13.3 Å². The zero-order valence-electron chi connectivity index (χ0n) is 12.4. The van der Waals surface area contributed by atoms with E-state index in [1.165, 1.54) is 0 Å². The number of aryl methyl sites for hydroxylation is 1. The molecule has 0 bridgehead atoms. The molecule has 1 N–H and O–H groups in total. The number of hydrogen-bond donors (Lipinski definition) is 1. The Morgan fingerprint density at radius 3 is 2.90 bits per heavy atom. The summed E-state index contributed by atoms with van der Waals surface area (Å²) in [6.07, 6.45) is 2.19. The molecule has 0 radical (unpaired) electrons. The van der Waals surface area contributed by atoms with E-state index in [0.29, 0.717) is 18.1 Å². The zero-order valence-corrected chi connectivity index (χ0v) is 12.4. The van der Waals surface area contributed by atoms with E-state index in [9.17, 15) is 4.79 Å². The van der Waals surface area contributed by atoms with Crippen molar-refractivity contribution in [1.82, 2.24) is 14.8 Å². The zero-order chi connectivity index (χ0) is 15.0. The van der Waals surface area contributed by atoms with Crippen LogP contribution in [0.5, 0.6) is 5.88 Å². The van der Waals surface area contributed by atoms with Crippen molar-refractivity contribution < 1.29 is 9.53 Å². The molecule has 0 saturated carbocycles. The van der Waals surface area contributed by atoms with E-state index >= 15 is 0 Å². The maximum Gasteiger partial charge on any atom is 0.226 e. The number of amides is 1. The molecular formula is C15H18N4O2. The monoisotopic (exact) mass is 286 g/mol. The second-order valence-corrected chi connectivity index (χ2v) is 5.10. The molecule has 0 aliphatic carbocycles. The Balaban J connectivity index is 2.07. The van der Waals surface area contributed by atoms with Crippen LogP contribution in [0.2, 0.25) is 0 Å². The van der Waals surface area contributed by atoms with Crippen LogP contribution in [-0.2, 0) is 11.3 Å². The normalized spacial score (nSPS) is 17.3. The highest BCUT2D eigenvalue weighted by Crippen LogP contribution is 2.38. The van der Waals surface area contributed by atoms with Crippen LogP contribution in [0.4, 0.5) is 5.82 Å². The van der Waals surface area contributed by atoms with Gasteiger partial charge in [-0.1, -0.05) is 6.07 Å². The summed E-state index contributed by atoms with van der Waals surface area (Å²) in [6.45, 7) is 4.86. The summed E-state index contributed by atoms with van der Waals surface area (Å²) >= 11 is 0. The molecule has 21 heavy (non-hydrogen) atoms. The second kappa shape index (κ2) is 5.20. The van der Waals surface area contributed by atoms with E-state index in [0.717, 1.165) is 23.4 Å². The molecule has 6 nitrogen and oxygen atoms in total. The van der Waals surface area contributed by atoms with Crippen molar-refractivity contribution >= 4 is 11.7 Å². The van der Waals surface area contributed by atoms with Gasteiger partial charge < -0.3 is 10.1 Å². The Morgan fingerprint density at radius 1 is 1.48 bits per heavy atom. The Bertz CT molecular complexity index is 676. The van der Waals surface area contributed by atoms with Gasteiger partial charge in [-0.3, -0.25) is 9.48 Å². The maximum atomic E-state index is 11.9. The van der Waals surface area contributed by atoms with Crippen molar-refractivity contribution in [2.75, 3.05) is 12.4 Å². The summed E-state index contributed by atoms with van der Waals surface area (Å²) in [5.41, 5.74) is 3.18. The summed E-state index contributed by atoms with van der Waals surface area (Å²) in [5.74, 6) is 1.23. The molecule has 2 aromatic rings. The lowest BCUT2D eigenvalue weighted by molar-refractivity contribution is -0.116. The number of nitrogens with one attached hydrogen (secondary N) is 1. The van der Waals surface area contributed by atoms with Gasteiger partial charge in [0.1, 0.15) is 0 Å². The number of nitrogens with zero attached hydrogens (tertiary/aromatic N) is 3. The minimum absolute atomic E-state index is 0.00699. The molecule has 3 heterocycles. The van der Waals surface area contributed by atoms with Gasteiger partial charge in [0.15, 0.2) is 5.82 Å². The Morgan fingerprint density at radius 2 is 2.29 bits per heavy atom. The number of rotatable bonds is 3. The lowest BCUT2D eigenvalue weighted by Crippen LogP contribution is -2.23. The predicted octanol–water partition coefficient (Wildman–Crippen LogP) is 2.09. The number of carbonyl (C=O) groups excluding carboxylic acids is 1. The third-order valence-electron chi connectivity index (χ3n) is 3.92. The summed E-state index contributed by atoms with van der Waals surface area (Å²) in [5, 5.41) is 7.33. The van der Waals surface area contributed by atoms with Crippen molar-refractivity contribution in [3.8, 4) is 5.88 Å². The first-order valence-corrected chi connectivity index (χ1v) is 7.01. The number of carbonyl (C=O) groups is 1. The number of ether oxygens (including phenoxy) is 1. The van der Waals surface area contributed by atoms with E-state index < -0.39 is 0 Å². The Kier molecular flexibility index (Phi) is 3.37. The highest BCUT2D eigenvalue weighted by Gasteiger charge is 2.31. The minimum atomic E-state index is -0.0101. The number of methoxy groups -OCH3 is 1. The number of aromatic nitrogens is 3. The van der Waals surface area contributed by atoms with Crippen molar-refractivity contribution in [3.05, 3.63) is 35.2 Å². The molecule has 0 aromatic carbocycles. The van der Waals surface area contributed by atoms with Crippen LogP contribution in [0, 0.1) is 6.92 Å². The predicted molar refractivity (Wildman–Crippen MR) is 78.5 cm³/mol. The fraction of sp³-hybridized carbons (Fsp3) is 0.400. The van der Waals surface area contributed by atoms with Crippen molar-refractivity contribution in [2.45, 2.75) is 32.7 Å². The average Bonchev–Trinajstić information content (AvgIpc) is 2.82. The van der Waals surface area contributed by atoms with Gasteiger partial charge >= 0.3 is 0 Å². The van der Waals surface area contributed by atoms with E-state index in [1.807, 2.05) is 30.7 Å². The second-order valence-electron chi connectivity index (χ2n) is 5.10. The third kappa shape index (κ3) is 2.26. The highest BCUT2D eigenvalue weighted by atomic mass is 16.5. The maximum absolute atomic E-state index is 11.9. The topological polar surface area (TPSA) is 69.0 Å². The average molecular weight is 286 g/mol.